The second-order valence-corrected chi connectivity index (χ2v) is 5.90. The van der Waals surface area contributed by atoms with Gasteiger partial charge in [0.05, 0.1) is 5.41 Å². The van der Waals surface area contributed by atoms with E-state index >= 15 is 0 Å². The van der Waals surface area contributed by atoms with Gasteiger partial charge in [0.1, 0.15) is 0 Å². The van der Waals surface area contributed by atoms with E-state index in [9.17, 15) is 14.7 Å². The third-order valence-electron chi connectivity index (χ3n) is 4.58. The lowest BCUT2D eigenvalue weighted by Crippen LogP contribution is -2.51. The van der Waals surface area contributed by atoms with Crippen LogP contribution < -0.4 is 5.32 Å². The monoisotopic (exact) mass is 270 g/mol. The van der Waals surface area contributed by atoms with Crippen LogP contribution in [0.2, 0.25) is 0 Å². The van der Waals surface area contributed by atoms with Gasteiger partial charge >= 0.3 is 12.0 Å². The Kier molecular flexibility index (Phi) is 3.99. The van der Waals surface area contributed by atoms with Crippen LogP contribution in [0.15, 0.2) is 0 Å². The molecule has 108 valence electrons. The van der Waals surface area contributed by atoms with Crippen molar-refractivity contribution in [2.24, 2.45) is 11.3 Å². The average molecular weight is 270 g/mol. The molecule has 0 aromatic rings. The maximum absolute atomic E-state index is 12.1. The summed E-state index contributed by atoms with van der Waals surface area (Å²) in [6.45, 7) is 2.99. The van der Waals surface area contributed by atoms with Crippen molar-refractivity contribution < 1.29 is 19.8 Å². The topological polar surface area (TPSA) is 89.9 Å². The van der Waals surface area contributed by atoms with E-state index in [1.54, 1.807) is 11.8 Å². The van der Waals surface area contributed by atoms with Crippen molar-refractivity contribution in [1.82, 2.24) is 10.2 Å². The third-order valence-corrected chi connectivity index (χ3v) is 4.58. The van der Waals surface area contributed by atoms with E-state index in [0.717, 1.165) is 12.8 Å². The van der Waals surface area contributed by atoms with Crippen LogP contribution in [0.4, 0.5) is 4.79 Å². The number of carbonyl (C=O) groups is 2. The molecule has 2 rings (SSSR count). The molecule has 1 aliphatic heterocycles. The number of carboxylic acids is 1. The number of nitrogens with one attached hydrogen (secondary N) is 1. The van der Waals surface area contributed by atoms with Gasteiger partial charge in [-0.25, -0.2) is 4.79 Å². The SMILES string of the molecule is CC1(C(=O)O)CCCC1NC(=O)N1CCC(CO)C1. The minimum absolute atomic E-state index is 0.0973. The van der Waals surface area contributed by atoms with Gasteiger partial charge in [-0.1, -0.05) is 6.42 Å². The van der Waals surface area contributed by atoms with Crippen LogP contribution >= 0.6 is 0 Å². The smallest absolute Gasteiger partial charge is 0.317 e. The Bertz CT molecular complexity index is 374. The first-order valence-corrected chi connectivity index (χ1v) is 6.87. The number of likely N-dealkylation sites (tertiary alicyclic amines) is 1. The number of nitrogens with zero attached hydrogens (tertiary/aromatic N) is 1. The summed E-state index contributed by atoms with van der Waals surface area (Å²) in [7, 11) is 0. The fourth-order valence-corrected chi connectivity index (χ4v) is 3.06. The van der Waals surface area contributed by atoms with E-state index < -0.39 is 11.4 Å². The lowest BCUT2D eigenvalue weighted by Gasteiger charge is -2.29. The second kappa shape index (κ2) is 5.36. The minimum atomic E-state index is -0.855. The van der Waals surface area contributed by atoms with Crippen LogP contribution in [0.1, 0.15) is 32.6 Å². The number of urea groups is 1. The first-order valence-electron chi connectivity index (χ1n) is 6.87. The summed E-state index contributed by atoms with van der Waals surface area (Å²) in [6.07, 6.45) is 2.95. The molecule has 2 aliphatic rings. The molecule has 3 N–H and O–H groups in total. The Morgan fingerprint density at radius 1 is 1.42 bits per heavy atom. The van der Waals surface area contributed by atoms with Crippen LogP contribution in [-0.4, -0.2) is 52.9 Å². The molecule has 0 aromatic heterocycles. The highest BCUT2D eigenvalue weighted by Gasteiger charge is 2.46. The van der Waals surface area contributed by atoms with Crippen LogP contribution in [0.3, 0.4) is 0 Å². The highest BCUT2D eigenvalue weighted by molar-refractivity contribution is 5.79. The number of carboxylic acid groups (broad SMARTS) is 1. The normalized spacial score (nSPS) is 34.5. The number of carbonyl (C=O) groups excluding carboxylic acids is 1. The zero-order chi connectivity index (χ0) is 14.0. The molecule has 0 bridgehead atoms. The summed E-state index contributed by atoms with van der Waals surface area (Å²) in [5.41, 5.74) is -0.855. The lowest BCUT2D eigenvalue weighted by atomic mass is 9.85. The van der Waals surface area contributed by atoms with E-state index in [4.69, 9.17) is 5.11 Å². The predicted octanol–water partition coefficient (Wildman–Crippen LogP) is 0.654. The summed E-state index contributed by atoms with van der Waals surface area (Å²) in [5, 5.41) is 21.2. The van der Waals surface area contributed by atoms with Gasteiger partial charge in [-0.15, -0.1) is 0 Å². The van der Waals surface area contributed by atoms with Gasteiger partial charge in [0, 0.05) is 31.7 Å². The van der Waals surface area contributed by atoms with Crippen LogP contribution in [0.25, 0.3) is 0 Å². The Hall–Kier alpha value is -1.30. The van der Waals surface area contributed by atoms with Crippen molar-refractivity contribution in [1.29, 1.82) is 0 Å². The largest absolute Gasteiger partial charge is 0.481 e. The molecule has 3 atom stereocenters. The number of amides is 2. The molecule has 3 unspecified atom stereocenters. The Morgan fingerprint density at radius 2 is 2.16 bits per heavy atom. The van der Waals surface area contributed by atoms with Crippen molar-refractivity contribution in [2.75, 3.05) is 19.7 Å². The standard InChI is InChI=1S/C13H22N2O4/c1-13(11(17)18)5-2-3-10(13)14-12(19)15-6-4-9(7-15)8-16/h9-10,16H,2-8H2,1H3,(H,14,19)(H,17,18). The highest BCUT2D eigenvalue weighted by atomic mass is 16.4. The predicted molar refractivity (Wildman–Crippen MR) is 68.7 cm³/mol. The van der Waals surface area contributed by atoms with E-state index in [1.165, 1.54) is 0 Å². The van der Waals surface area contributed by atoms with E-state index in [-0.39, 0.29) is 24.6 Å². The maximum Gasteiger partial charge on any atom is 0.317 e. The summed E-state index contributed by atoms with van der Waals surface area (Å²) in [6, 6.07) is -0.499. The minimum Gasteiger partial charge on any atom is -0.481 e. The number of rotatable bonds is 3. The molecule has 19 heavy (non-hydrogen) atoms. The zero-order valence-electron chi connectivity index (χ0n) is 11.3. The van der Waals surface area contributed by atoms with Crippen LogP contribution in [0.5, 0.6) is 0 Å². The molecule has 6 nitrogen and oxygen atoms in total. The van der Waals surface area contributed by atoms with Gasteiger partial charge in [-0.2, -0.15) is 0 Å². The summed E-state index contributed by atoms with van der Waals surface area (Å²) < 4.78 is 0. The van der Waals surface area contributed by atoms with Crippen molar-refractivity contribution in [3.05, 3.63) is 0 Å². The molecule has 0 aromatic carbocycles. The van der Waals surface area contributed by atoms with Crippen LogP contribution in [-0.2, 0) is 4.79 Å². The Labute approximate surface area is 112 Å². The van der Waals surface area contributed by atoms with Crippen molar-refractivity contribution in [3.63, 3.8) is 0 Å². The first kappa shape index (κ1) is 14.1. The summed E-state index contributed by atoms with van der Waals surface area (Å²) in [4.78, 5) is 25.1. The molecular formula is C13H22N2O4. The molecule has 1 heterocycles. The zero-order valence-corrected chi connectivity index (χ0v) is 11.3. The average Bonchev–Trinajstić information content (AvgIpc) is 2.97. The van der Waals surface area contributed by atoms with Gasteiger partial charge in [0.25, 0.3) is 0 Å². The van der Waals surface area contributed by atoms with Crippen molar-refractivity contribution in [3.8, 4) is 0 Å². The first-order chi connectivity index (χ1) is 8.97. The van der Waals surface area contributed by atoms with E-state index in [2.05, 4.69) is 5.32 Å². The van der Waals surface area contributed by atoms with Gasteiger partial charge in [-0.05, 0) is 26.2 Å². The molecule has 1 saturated carbocycles. The number of hydrogen-bond acceptors (Lipinski definition) is 3. The van der Waals surface area contributed by atoms with Crippen LogP contribution in [0, 0.1) is 11.3 Å². The van der Waals surface area contributed by atoms with Crippen molar-refractivity contribution >= 4 is 12.0 Å². The summed E-state index contributed by atoms with van der Waals surface area (Å²) >= 11 is 0. The van der Waals surface area contributed by atoms with E-state index in [0.29, 0.717) is 25.9 Å². The Balaban J connectivity index is 1.94. The van der Waals surface area contributed by atoms with Crippen molar-refractivity contribution in [2.45, 2.75) is 38.6 Å². The molecule has 1 saturated heterocycles. The van der Waals surface area contributed by atoms with Gasteiger partial charge in [0.15, 0.2) is 0 Å². The quantitative estimate of drug-likeness (QED) is 0.702. The molecule has 2 amide bonds. The maximum atomic E-state index is 12.1. The van der Waals surface area contributed by atoms with Gasteiger partial charge in [-0.3, -0.25) is 4.79 Å². The molecule has 0 spiro atoms. The molecule has 2 fully saturated rings. The van der Waals surface area contributed by atoms with E-state index in [1.807, 2.05) is 0 Å². The fraction of sp³-hybridized carbons (Fsp3) is 0.846. The third kappa shape index (κ3) is 2.68. The molecule has 1 aliphatic carbocycles. The number of aliphatic hydroxyl groups is 1. The number of aliphatic carboxylic acids is 1. The highest BCUT2D eigenvalue weighted by Crippen LogP contribution is 2.38. The molecular weight excluding hydrogens is 248 g/mol. The molecule has 6 heteroatoms. The lowest BCUT2D eigenvalue weighted by molar-refractivity contribution is -0.148. The molecule has 0 radical (unpaired) electrons. The van der Waals surface area contributed by atoms with Gasteiger partial charge < -0.3 is 20.4 Å². The number of hydrogen-bond donors (Lipinski definition) is 3. The second-order valence-electron chi connectivity index (χ2n) is 5.90. The Morgan fingerprint density at radius 3 is 2.74 bits per heavy atom. The fourth-order valence-electron chi connectivity index (χ4n) is 3.06. The van der Waals surface area contributed by atoms with Gasteiger partial charge in [0.2, 0.25) is 0 Å². The summed E-state index contributed by atoms with van der Waals surface area (Å²) in [5.74, 6) is -0.690. The number of aliphatic hydroxyl groups excluding tert-OH is 1.